The monoisotopic (exact) mass is 346 g/mol. The van der Waals surface area contributed by atoms with Crippen molar-refractivity contribution < 1.29 is 9.78 Å². The molecular formula is C9H9BrN5OS2+. The van der Waals surface area contributed by atoms with Gasteiger partial charge in [-0.05, 0) is 22.0 Å². The van der Waals surface area contributed by atoms with E-state index in [1.165, 1.54) is 23.1 Å². The first-order chi connectivity index (χ1) is 8.63. The number of carbonyl (C=O) groups excluding carboxylic acids is 1. The van der Waals surface area contributed by atoms with E-state index < -0.39 is 0 Å². The average molecular weight is 347 g/mol. The molecular weight excluding hydrogens is 338 g/mol. The Hall–Kier alpha value is -1.19. The van der Waals surface area contributed by atoms with Crippen molar-refractivity contribution >= 4 is 55.9 Å². The van der Waals surface area contributed by atoms with Gasteiger partial charge in [0.25, 0.3) is 5.82 Å². The number of H-pyrrole nitrogens is 1. The minimum atomic E-state index is -0.118. The first-order valence-electron chi connectivity index (χ1n) is 4.82. The second kappa shape index (κ2) is 6.12. The molecule has 0 aliphatic rings. The molecule has 0 spiro atoms. The van der Waals surface area contributed by atoms with Crippen molar-refractivity contribution in [3.05, 3.63) is 22.8 Å². The summed E-state index contributed by atoms with van der Waals surface area (Å²) >= 11 is 5.87. The Balaban J connectivity index is 1.83. The molecule has 2 rings (SSSR count). The number of nitrogens with zero attached hydrogens (tertiary/aromatic N) is 2. The predicted molar refractivity (Wildman–Crippen MR) is 74.4 cm³/mol. The van der Waals surface area contributed by atoms with Gasteiger partial charge in [0.1, 0.15) is 11.9 Å². The highest BCUT2D eigenvalue weighted by atomic mass is 79.9. The molecule has 0 radical (unpaired) electrons. The number of amides is 1. The maximum absolute atomic E-state index is 11.6. The Kier molecular flexibility index (Phi) is 4.50. The van der Waals surface area contributed by atoms with E-state index in [1.54, 1.807) is 12.3 Å². The third-order valence-electron chi connectivity index (χ3n) is 1.80. The first kappa shape index (κ1) is 13.2. The minimum absolute atomic E-state index is 0.118. The molecule has 94 valence electrons. The van der Waals surface area contributed by atoms with Gasteiger partial charge in [-0.25, -0.2) is 15.1 Å². The molecule has 0 atom stereocenters. The number of pyridine rings is 1. The van der Waals surface area contributed by atoms with Crippen LogP contribution < -0.4 is 16.0 Å². The van der Waals surface area contributed by atoms with Crippen LogP contribution in [0.2, 0.25) is 0 Å². The van der Waals surface area contributed by atoms with Crippen LogP contribution in [0.15, 0.2) is 27.1 Å². The van der Waals surface area contributed by atoms with Crippen LogP contribution in [0.1, 0.15) is 0 Å². The van der Waals surface area contributed by atoms with Gasteiger partial charge in [0.05, 0.1) is 4.47 Å². The molecule has 1 amide bonds. The number of nitrogens with two attached hydrogens (primary N) is 1. The Morgan fingerprint density at radius 1 is 1.56 bits per heavy atom. The van der Waals surface area contributed by atoms with E-state index in [9.17, 15) is 4.79 Å². The third-order valence-corrected chi connectivity index (χ3v) is 4.18. The van der Waals surface area contributed by atoms with Gasteiger partial charge in [0.2, 0.25) is 5.13 Å². The number of nitrogen functional groups attached to an aromatic ring is 1. The van der Waals surface area contributed by atoms with Crippen LogP contribution in [0.5, 0.6) is 0 Å². The number of nitrogens with one attached hydrogen (secondary N) is 2. The molecule has 0 fully saturated rings. The SMILES string of the molecule is Nc1nnc(SCC(=O)Nc2ccc(Br)c[nH+]2)s1. The third kappa shape index (κ3) is 3.93. The molecule has 0 bridgehead atoms. The van der Waals surface area contributed by atoms with Gasteiger partial charge in [0, 0.05) is 6.07 Å². The van der Waals surface area contributed by atoms with Gasteiger partial charge in [-0.1, -0.05) is 23.1 Å². The van der Waals surface area contributed by atoms with Crippen molar-refractivity contribution in [1.29, 1.82) is 0 Å². The van der Waals surface area contributed by atoms with Crippen molar-refractivity contribution in [1.82, 2.24) is 10.2 Å². The molecule has 2 heterocycles. The largest absolute Gasteiger partial charge is 0.374 e. The molecule has 4 N–H and O–H groups in total. The Morgan fingerprint density at radius 3 is 3.00 bits per heavy atom. The number of hydrogen-bond acceptors (Lipinski definition) is 6. The maximum Gasteiger partial charge on any atom is 0.317 e. The van der Waals surface area contributed by atoms with Crippen LogP contribution in [-0.4, -0.2) is 21.9 Å². The van der Waals surface area contributed by atoms with E-state index in [-0.39, 0.29) is 11.7 Å². The smallest absolute Gasteiger partial charge is 0.317 e. The molecule has 0 aromatic carbocycles. The number of halogens is 1. The number of carbonyl (C=O) groups is 1. The Labute approximate surface area is 120 Å². The normalized spacial score (nSPS) is 10.3. The lowest BCUT2D eigenvalue weighted by molar-refractivity contribution is -0.361. The zero-order valence-corrected chi connectivity index (χ0v) is 12.2. The van der Waals surface area contributed by atoms with E-state index in [1.807, 2.05) is 6.07 Å². The van der Waals surface area contributed by atoms with Gasteiger partial charge in [-0.15, -0.1) is 10.2 Å². The highest BCUT2D eigenvalue weighted by Crippen LogP contribution is 2.23. The maximum atomic E-state index is 11.6. The molecule has 9 heteroatoms. The fourth-order valence-corrected chi connectivity index (χ4v) is 2.76. The quantitative estimate of drug-likeness (QED) is 0.816. The average Bonchev–Trinajstić information content (AvgIpc) is 2.76. The molecule has 2 aromatic heterocycles. The van der Waals surface area contributed by atoms with Crippen molar-refractivity contribution in [2.45, 2.75) is 4.34 Å². The number of thioether (sulfide) groups is 1. The summed E-state index contributed by atoms with van der Waals surface area (Å²) in [6.07, 6.45) is 1.74. The molecule has 0 aliphatic heterocycles. The van der Waals surface area contributed by atoms with Gasteiger partial charge in [-0.3, -0.25) is 0 Å². The number of anilines is 2. The van der Waals surface area contributed by atoms with Crippen molar-refractivity contribution in [2.24, 2.45) is 0 Å². The summed E-state index contributed by atoms with van der Waals surface area (Å²) in [6.45, 7) is 0. The topological polar surface area (TPSA) is 95.0 Å². The van der Waals surface area contributed by atoms with Crippen LogP contribution in [0.4, 0.5) is 10.9 Å². The van der Waals surface area contributed by atoms with Gasteiger partial charge >= 0.3 is 5.91 Å². The van der Waals surface area contributed by atoms with Crippen LogP contribution in [0, 0.1) is 0 Å². The fraction of sp³-hybridized carbons (Fsp3) is 0.111. The predicted octanol–water partition coefficient (Wildman–Crippen LogP) is 1.43. The van der Waals surface area contributed by atoms with Crippen LogP contribution >= 0.6 is 39.0 Å². The lowest BCUT2D eigenvalue weighted by Gasteiger charge is -1.96. The Bertz CT molecular complexity index is 544. The lowest BCUT2D eigenvalue weighted by atomic mass is 10.4. The summed E-state index contributed by atoms with van der Waals surface area (Å²) in [7, 11) is 0. The summed E-state index contributed by atoms with van der Waals surface area (Å²) in [6, 6.07) is 3.61. The molecule has 2 aromatic rings. The summed E-state index contributed by atoms with van der Waals surface area (Å²) < 4.78 is 1.60. The van der Waals surface area contributed by atoms with Crippen LogP contribution in [0.25, 0.3) is 0 Å². The highest BCUT2D eigenvalue weighted by Gasteiger charge is 2.12. The van der Waals surface area contributed by atoms with E-state index in [0.29, 0.717) is 15.3 Å². The van der Waals surface area contributed by atoms with E-state index in [2.05, 4.69) is 36.4 Å². The number of aromatic nitrogens is 3. The van der Waals surface area contributed by atoms with Gasteiger partial charge in [-0.2, -0.15) is 0 Å². The molecule has 0 saturated carbocycles. The van der Waals surface area contributed by atoms with Crippen molar-refractivity contribution in [2.75, 3.05) is 16.8 Å². The summed E-state index contributed by atoms with van der Waals surface area (Å²) in [5.74, 6) is 0.784. The fourth-order valence-electron chi connectivity index (χ4n) is 1.08. The molecule has 0 aliphatic carbocycles. The molecule has 18 heavy (non-hydrogen) atoms. The standard InChI is InChI=1S/C9H8BrN5OS2/c10-5-1-2-6(12-3-5)13-7(16)4-17-9-15-14-8(11)18-9/h1-3H,4H2,(H2,11,14)(H,12,13,16)/p+1. The van der Waals surface area contributed by atoms with E-state index >= 15 is 0 Å². The summed E-state index contributed by atoms with van der Waals surface area (Å²) in [4.78, 5) is 14.6. The van der Waals surface area contributed by atoms with Crippen LogP contribution in [-0.2, 0) is 4.79 Å². The van der Waals surface area contributed by atoms with Crippen molar-refractivity contribution in [3.8, 4) is 0 Å². The number of hydrogen-bond donors (Lipinski definition) is 2. The Morgan fingerprint density at radius 2 is 2.39 bits per heavy atom. The molecule has 6 nitrogen and oxygen atoms in total. The van der Waals surface area contributed by atoms with Crippen LogP contribution in [0.3, 0.4) is 0 Å². The minimum Gasteiger partial charge on any atom is -0.374 e. The summed E-state index contributed by atoms with van der Waals surface area (Å²) in [5.41, 5.74) is 5.44. The molecule has 0 saturated heterocycles. The zero-order chi connectivity index (χ0) is 13.0. The highest BCUT2D eigenvalue weighted by molar-refractivity contribution is 9.10. The second-order valence-corrected chi connectivity index (χ2v) is 6.31. The summed E-state index contributed by atoms with van der Waals surface area (Å²) in [5, 5.41) is 10.6. The molecule has 0 unspecified atom stereocenters. The van der Waals surface area contributed by atoms with Gasteiger partial charge in [0.15, 0.2) is 4.34 Å². The van der Waals surface area contributed by atoms with E-state index in [0.717, 1.165) is 4.47 Å². The lowest BCUT2D eigenvalue weighted by Crippen LogP contribution is -2.20. The first-order valence-corrected chi connectivity index (χ1v) is 7.42. The number of rotatable bonds is 4. The second-order valence-electron chi connectivity index (χ2n) is 3.16. The van der Waals surface area contributed by atoms with Crippen molar-refractivity contribution in [3.63, 3.8) is 0 Å². The van der Waals surface area contributed by atoms with Gasteiger partial charge < -0.3 is 5.73 Å². The zero-order valence-electron chi connectivity index (χ0n) is 9.01. The van der Waals surface area contributed by atoms with E-state index in [4.69, 9.17) is 5.73 Å². The number of aromatic amines is 1.